The molecule has 7 heteroatoms. The number of ether oxygens (including phenoxy) is 2. The molecule has 2 N–H and O–H groups in total. The van der Waals surface area contributed by atoms with E-state index in [-0.39, 0.29) is 11.8 Å². The quantitative estimate of drug-likeness (QED) is 0.692. The van der Waals surface area contributed by atoms with Gasteiger partial charge in [0, 0.05) is 19.2 Å². The number of hydrogen-bond donors (Lipinski definition) is 2. The van der Waals surface area contributed by atoms with Crippen LogP contribution in [-0.2, 0) is 4.74 Å². The van der Waals surface area contributed by atoms with Crippen LogP contribution in [-0.4, -0.2) is 39.2 Å². The van der Waals surface area contributed by atoms with E-state index < -0.39 is 0 Å². The van der Waals surface area contributed by atoms with Crippen LogP contribution < -0.4 is 15.4 Å². The molecule has 0 spiro atoms. The van der Waals surface area contributed by atoms with E-state index in [4.69, 9.17) is 9.47 Å². The first kappa shape index (κ1) is 19.0. The van der Waals surface area contributed by atoms with Crippen LogP contribution in [0.25, 0.3) is 0 Å². The molecule has 25 heavy (non-hydrogen) atoms. The highest BCUT2D eigenvalue weighted by atomic mass is 79.9. The molecule has 2 aromatic rings. The minimum Gasteiger partial charge on any atom is -0.496 e. The lowest BCUT2D eigenvalue weighted by Crippen LogP contribution is -2.28. The SMILES string of the molecule is COCCNC(=O)c1ccccc1NC(=O)c1ccc(OC)c(Br)c1. The van der Waals surface area contributed by atoms with Gasteiger partial charge in [0.1, 0.15) is 5.75 Å². The van der Waals surface area contributed by atoms with Gasteiger partial charge >= 0.3 is 0 Å². The lowest BCUT2D eigenvalue weighted by atomic mass is 10.1. The lowest BCUT2D eigenvalue weighted by molar-refractivity contribution is 0.0938. The monoisotopic (exact) mass is 406 g/mol. The topological polar surface area (TPSA) is 76.7 Å². The molecule has 6 nitrogen and oxygen atoms in total. The molecule has 0 saturated heterocycles. The largest absolute Gasteiger partial charge is 0.496 e. The molecule has 2 amide bonds. The Morgan fingerprint density at radius 3 is 2.52 bits per heavy atom. The Morgan fingerprint density at radius 1 is 1.08 bits per heavy atom. The van der Waals surface area contributed by atoms with Crippen molar-refractivity contribution in [3.63, 3.8) is 0 Å². The normalized spacial score (nSPS) is 10.2. The van der Waals surface area contributed by atoms with Gasteiger partial charge in [0.25, 0.3) is 11.8 Å². The van der Waals surface area contributed by atoms with Crippen molar-refractivity contribution >= 4 is 33.4 Å². The third-order valence-corrected chi connectivity index (χ3v) is 4.05. The molecule has 132 valence electrons. The number of benzene rings is 2. The zero-order valence-corrected chi connectivity index (χ0v) is 15.6. The van der Waals surface area contributed by atoms with Crippen LogP contribution in [0.15, 0.2) is 46.9 Å². The van der Waals surface area contributed by atoms with Gasteiger partial charge in [-0.05, 0) is 46.3 Å². The van der Waals surface area contributed by atoms with Crippen LogP contribution in [0.1, 0.15) is 20.7 Å². The highest BCUT2D eigenvalue weighted by Crippen LogP contribution is 2.26. The van der Waals surface area contributed by atoms with Crippen LogP contribution in [0.2, 0.25) is 0 Å². The van der Waals surface area contributed by atoms with Crippen molar-refractivity contribution in [3.05, 3.63) is 58.1 Å². The maximum Gasteiger partial charge on any atom is 0.255 e. The second-order valence-electron chi connectivity index (χ2n) is 5.10. The van der Waals surface area contributed by atoms with E-state index in [0.29, 0.717) is 40.2 Å². The molecule has 0 aliphatic heterocycles. The van der Waals surface area contributed by atoms with Crippen molar-refractivity contribution in [2.45, 2.75) is 0 Å². The molecule has 0 bridgehead atoms. The molecule has 2 rings (SSSR count). The number of carbonyl (C=O) groups is 2. The molecule has 0 aliphatic rings. The molecular formula is C18H19BrN2O4. The smallest absolute Gasteiger partial charge is 0.255 e. The summed E-state index contributed by atoms with van der Waals surface area (Å²) in [6, 6.07) is 11.8. The number of anilines is 1. The number of rotatable bonds is 7. The molecule has 0 fully saturated rings. The minimum atomic E-state index is -0.319. The van der Waals surface area contributed by atoms with Gasteiger partial charge in [0.15, 0.2) is 0 Å². The summed E-state index contributed by atoms with van der Waals surface area (Å²) in [5.74, 6) is 0.0406. The van der Waals surface area contributed by atoms with Gasteiger partial charge in [-0.1, -0.05) is 12.1 Å². The Balaban J connectivity index is 2.15. The molecule has 2 aromatic carbocycles. The maximum atomic E-state index is 12.5. The van der Waals surface area contributed by atoms with Crippen LogP contribution in [0.3, 0.4) is 0 Å². The molecule has 0 radical (unpaired) electrons. The zero-order chi connectivity index (χ0) is 18.2. The van der Waals surface area contributed by atoms with Crippen LogP contribution >= 0.6 is 15.9 Å². The van der Waals surface area contributed by atoms with Gasteiger partial charge in [-0.15, -0.1) is 0 Å². The molecule has 0 saturated carbocycles. The van der Waals surface area contributed by atoms with Crippen molar-refractivity contribution in [3.8, 4) is 5.75 Å². The van der Waals surface area contributed by atoms with Gasteiger partial charge in [-0.25, -0.2) is 0 Å². The van der Waals surface area contributed by atoms with E-state index in [1.165, 1.54) is 0 Å². The predicted molar refractivity (Wildman–Crippen MR) is 99.3 cm³/mol. The van der Waals surface area contributed by atoms with Crippen LogP contribution in [0.5, 0.6) is 5.75 Å². The van der Waals surface area contributed by atoms with Gasteiger partial charge in [0.2, 0.25) is 0 Å². The van der Waals surface area contributed by atoms with Crippen molar-refractivity contribution in [2.24, 2.45) is 0 Å². The number of halogens is 1. The van der Waals surface area contributed by atoms with Crippen LogP contribution in [0.4, 0.5) is 5.69 Å². The number of hydrogen-bond acceptors (Lipinski definition) is 4. The average Bonchev–Trinajstić information content (AvgIpc) is 2.62. The maximum absolute atomic E-state index is 12.5. The number of methoxy groups -OCH3 is 2. The molecule has 0 aliphatic carbocycles. The van der Waals surface area contributed by atoms with Crippen molar-refractivity contribution in [1.29, 1.82) is 0 Å². The Kier molecular flexibility index (Phi) is 6.97. The summed E-state index contributed by atoms with van der Waals surface area (Å²) in [5.41, 5.74) is 1.27. The highest BCUT2D eigenvalue weighted by molar-refractivity contribution is 9.10. The fourth-order valence-electron chi connectivity index (χ4n) is 2.15. The number of amides is 2. The van der Waals surface area contributed by atoms with E-state index in [2.05, 4.69) is 26.6 Å². The fourth-order valence-corrected chi connectivity index (χ4v) is 2.69. The average molecular weight is 407 g/mol. The standard InChI is InChI=1S/C18H19BrN2O4/c1-24-10-9-20-18(23)13-5-3-4-6-15(13)21-17(22)12-7-8-16(25-2)14(19)11-12/h3-8,11H,9-10H2,1-2H3,(H,20,23)(H,21,22). The Labute approximate surface area is 154 Å². The zero-order valence-electron chi connectivity index (χ0n) is 14.0. The summed E-state index contributed by atoms with van der Waals surface area (Å²) >= 11 is 3.35. The van der Waals surface area contributed by atoms with E-state index in [0.717, 1.165) is 0 Å². The second kappa shape index (κ2) is 9.19. The third-order valence-electron chi connectivity index (χ3n) is 3.43. The summed E-state index contributed by atoms with van der Waals surface area (Å²) < 4.78 is 10.7. The fraction of sp³-hybridized carbons (Fsp3) is 0.222. The van der Waals surface area contributed by atoms with Crippen molar-refractivity contribution in [1.82, 2.24) is 5.32 Å². The first-order valence-electron chi connectivity index (χ1n) is 7.58. The van der Waals surface area contributed by atoms with Gasteiger partial charge in [0.05, 0.1) is 29.4 Å². The Hall–Kier alpha value is -2.38. The molecule has 0 unspecified atom stereocenters. The van der Waals surface area contributed by atoms with Gasteiger partial charge in [-0.3, -0.25) is 9.59 Å². The van der Waals surface area contributed by atoms with Crippen LogP contribution in [0, 0.1) is 0 Å². The predicted octanol–water partition coefficient (Wildman–Crippen LogP) is 3.09. The molecular weight excluding hydrogens is 388 g/mol. The summed E-state index contributed by atoms with van der Waals surface area (Å²) in [4.78, 5) is 24.7. The van der Waals surface area contributed by atoms with Crippen molar-refractivity contribution < 1.29 is 19.1 Å². The molecule has 0 heterocycles. The Bertz CT molecular complexity index is 764. The van der Waals surface area contributed by atoms with E-state index in [9.17, 15) is 9.59 Å². The van der Waals surface area contributed by atoms with E-state index in [1.807, 2.05) is 0 Å². The summed E-state index contributed by atoms with van der Waals surface area (Å²) in [7, 11) is 3.12. The van der Waals surface area contributed by atoms with Crippen molar-refractivity contribution in [2.75, 3.05) is 32.7 Å². The summed E-state index contributed by atoms with van der Waals surface area (Å²) in [6.07, 6.45) is 0. The van der Waals surface area contributed by atoms with Gasteiger partial charge in [-0.2, -0.15) is 0 Å². The Morgan fingerprint density at radius 2 is 1.84 bits per heavy atom. The first-order valence-corrected chi connectivity index (χ1v) is 8.37. The van der Waals surface area contributed by atoms with E-state index in [1.54, 1.807) is 56.7 Å². The molecule has 0 aromatic heterocycles. The number of nitrogens with one attached hydrogen (secondary N) is 2. The second-order valence-corrected chi connectivity index (χ2v) is 5.95. The van der Waals surface area contributed by atoms with Gasteiger partial charge < -0.3 is 20.1 Å². The third kappa shape index (κ3) is 5.04. The minimum absolute atomic E-state index is 0.274. The highest BCUT2D eigenvalue weighted by Gasteiger charge is 2.14. The number of para-hydroxylation sites is 1. The summed E-state index contributed by atoms with van der Waals surface area (Å²) in [5, 5.41) is 5.51. The summed E-state index contributed by atoms with van der Waals surface area (Å²) in [6.45, 7) is 0.809. The number of carbonyl (C=O) groups excluding carboxylic acids is 2. The molecule has 0 atom stereocenters. The van der Waals surface area contributed by atoms with E-state index >= 15 is 0 Å². The first-order chi connectivity index (χ1) is 12.1. The lowest BCUT2D eigenvalue weighted by Gasteiger charge is -2.12.